The topological polar surface area (TPSA) is 38.9 Å². The first-order valence-electron chi connectivity index (χ1n) is 4.39. The Hall–Kier alpha value is -1.48. The second-order valence-corrected chi connectivity index (χ2v) is 3.66. The normalized spacial score (nSPS) is 10.3. The molecule has 0 aliphatic rings. The number of aromatic nitrogens is 1. The van der Waals surface area contributed by atoms with Crippen LogP contribution in [0.2, 0.25) is 0 Å². The van der Waals surface area contributed by atoms with Crippen molar-refractivity contribution in [2.75, 3.05) is 0 Å². The molecular weight excluding hydrogens is 192 g/mol. The lowest BCUT2D eigenvalue weighted by atomic mass is 10.2. The third-order valence-electron chi connectivity index (χ3n) is 2.01. The molecular formula is C11H10N2S. The molecule has 0 amide bonds. The molecule has 0 bridgehead atoms. The molecule has 0 saturated carbocycles. The van der Waals surface area contributed by atoms with Crippen molar-refractivity contribution in [3.63, 3.8) is 0 Å². The first-order valence-corrected chi connectivity index (χ1v) is 4.79. The number of hydrogen-bond acceptors (Lipinski definition) is 2. The first kappa shape index (κ1) is 9.09. The molecule has 0 aliphatic heterocycles. The van der Waals surface area contributed by atoms with E-state index in [2.05, 4.69) is 4.98 Å². The Morgan fingerprint density at radius 3 is 2.79 bits per heavy atom. The van der Waals surface area contributed by atoms with Crippen LogP contribution in [0.1, 0.15) is 5.69 Å². The largest absolute Gasteiger partial charge is 0.393 e. The average molecular weight is 202 g/mol. The van der Waals surface area contributed by atoms with E-state index in [9.17, 15) is 0 Å². The summed E-state index contributed by atoms with van der Waals surface area (Å²) in [6.45, 7) is 0. The van der Waals surface area contributed by atoms with Crippen LogP contribution in [0.15, 0.2) is 36.4 Å². The fraction of sp³-hybridized carbons (Fsp3) is 0.0909. The van der Waals surface area contributed by atoms with Crippen molar-refractivity contribution in [1.82, 2.24) is 4.98 Å². The van der Waals surface area contributed by atoms with Gasteiger partial charge in [-0.25, -0.2) is 0 Å². The van der Waals surface area contributed by atoms with E-state index in [4.69, 9.17) is 18.0 Å². The highest BCUT2D eigenvalue weighted by atomic mass is 32.1. The summed E-state index contributed by atoms with van der Waals surface area (Å²) in [6.07, 6.45) is 0.570. The number of pyridine rings is 1. The van der Waals surface area contributed by atoms with E-state index in [1.807, 2.05) is 36.4 Å². The summed E-state index contributed by atoms with van der Waals surface area (Å²) in [5, 5.41) is 1.14. The molecule has 1 aromatic carbocycles. The van der Waals surface area contributed by atoms with E-state index in [-0.39, 0.29) is 0 Å². The summed E-state index contributed by atoms with van der Waals surface area (Å²) in [7, 11) is 0. The fourth-order valence-electron chi connectivity index (χ4n) is 1.39. The highest BCUT2D eigenvalue weighted by Crippen LogP contribution is 2.11. The zero-order valence-corrected chi connectivity index (χ0v) is 8.42. The average Bonchev–Trinajstić information content (AvgIpc) is 2.17. The van der Waals surface area contributed by atoms with E-state index in [0.29, 0.717) is 11.4 Å². The van der Waals surface area contributed by atoms with Gasteiger partial charge in [0.05, 0.1) is 10.5 Å². The molecule has 70 valence electrons. The van der Waals surface area contributed by atoms with Crippen LogP contribution in [0.3, 0.4) is 0 Å². The van der Waals surface area contributed by atoms with Crippen LogP contribution in [-0.4, -0.2) is 9.97 Å². The molecule has 0 spiro atoms. The van der Waals surface area contributed by atoms with Gasteiger partial charge >= 0.3 is 0 Å². The Labute approximate surface area is 87.8 Å². The summed E-state index contributed by atoms with van der Waals surface area (Å²) in [4.78, 5) is 4.93. The molecule has 2 aromatic rings. The lowest BCUT2D eigenvalue weighted by Crippen LogP contribution is -2.11. The van der Waals surface area contributed by atoms with Gasteiger partial charge in [-0.05, 0) is 12.1 Å². The molecule has 0 saturated heterocycles. The third-order valence-corrected chi connectivity index (χ3v) is 2.16. The van der Waals surface area contributed by atoms with Crippen molar-refractivity contribution in [1.29, 1.82) is 0 Å². The summed E-state index contributed by atoms with van der Waals surface area (Å²) in [5.74, 6) is 0. The van der Waals surface area contributed by atoms with Crippen molar-refractivity contribution in [3.8, 4) is 0 Å². The van der Waals surface area contributed by atoms with Gasteiger partial charge in [0, 0.05) is 17.5 Å². The predicted molar refractivity (Wildman–Crippen MR) is 62.2 cm³/mol. The van der Waals surface area contributed by atoms with Gasteiger partial charge in [0.25, 0.3) is 0 Å². The number of thiocarbonyl (C=S) groups is 1. The third kappa shape index (κ3) is 1.88. The number of rotatable bonds is 2. The molecule has 1 aromatic heterocycles. The van der Waals surface area contributed by atoms with E-state index in [1.54, 1.807) is 0 Å². The molecule has 0 aliphatic carbocycles. The summed E-state index contributed by atoms with van der Waals surface area (Å²) < 4.78 is 0. The standard InChI is InChI=1S/C11H10N2S/c12-11(14)7-9-6-5-8-3-1-2-4-10(8)13-9/h1-6H,7H2,(H2,12,14). The summed E-state index contributed by atoms with van der Waals surface area (Å²) >= 11 is 4.84. The molecule has 0 unspecified atom stereocenters. The maximum absolute atomic E-state index is 5.46. The van der Waals surface area contributed by atoms with Crippen LogP contribution < -0.4 is 5.73 Å². The first-order chi connectivity index (χ1) is 6.75. The van der Waals surface area contributed by atoms with Gasteiger partial charge in [0.1, 0.15) is 0 Å². The van der Waals surface area contributed by atoms with Gasteiger partial charge in [-0.2, -0.15) is 0 Å². The predicted octanol–water partition coefficient (Wildman–Crippen LogP) is 2.06. The van der Waals surface area contributed by atoms with E-state index < -0.39 is 0 Å². The highest BCUT2D eigenvalue weighted by molar-refractivity contribution is 7.80. The van der Waals surface area contributed by atoms with Crippen molar-refractivity contribution in [3.05, 3.63) is 42.1 Å². The minimum absolute atomic E-state index is 0.479. The number of nitrogens with two attached hydrogens (primary N) is 1. The summed E-state index contributed by atoms with van der Waals surface area (Å²) in [5.41, 5.74) is 7.37. The Kier molecular flexibility index (Phi) is 2.41. The Balaban J connectivity index is 2.46. The fourth-order valence-corrected chi connectivity index (χ4v) is 1.53. The minimum Gasteiger partial charge on any atom is -0.393 e. The van der Waals surface area contributed by atoms with E-state index >= 15 is 0 Å². The summed E-state index contributed by atoms with van der Waals surface area (Å²) in [6, 6.07) is 12.0. The molecule has 1 heterocycles. The smallest absolute Gasteiger partial charge is 0.0787 e. The van der Waals surface area contributed by atoms with Crippen LogP contribution in [0.5, 0.6) is 0 Å². The number of hydrogen-bond donors (Lipinski definition) is 1. The zero-order chi connectivity index (χ0) is 9.97. The van der Waals surface area contributed by atoms with Crippen LogP contribution in [0, 0.1) is 0 Å². The van der Waals surface area contributed by atoms with Crippen LogP contribution >= 0.6 is 12.2 Å². The maximum Gasteiger partial charge on any atom is 0.0787 e. The van der Waals surface area contributed by atoms with Gasteiger partial charge in [-0.1, -0.05) is 36.5 Å². The quantitative estimate of drug-likeness (QED) is 0.758. The van der Waals surface area contributed by atoms with E-state index in [1.165, 1.54) is 0 Å². The van der Waals surface area contributed by atoms with Gasteiger partial charge in [-0.3, -0.25) is 4.98 Å². The Morgan fingerprint density at radius 1 is 1.21 bits per heavy atom. The zero-order valence-electron chi connectivity index (χ0n) is 7.60. The molecule has 0 fully saturated rings. The van der Waals surface area contributed by atoms with Crippen LogP contribution in [-0.2, 0) is 6.42 Å². The monoisotopic (exact) mass is 202 g/mol. The lowest BCUT2D eigenvalue weighted by molar-refractivity contribution is 1.18. The highest BCUT2D eigenvalue weighted by Gasteiger charge is 1.98. The van der Waals surface area contributed by atoms with Gasteiger partial charge in [-0.15, -0.1) is 0 Å². The van der Waals surface area contributed by atoms with Crippen molar-refractivity contribution >= 4 is 28.1 Å². The number of benzene rings is 1. The Bertz CT molecular complexity index is 479. The molecule has 2 nitrogen and oxygen atoms in total. The van der Waals surface area contributed by atoms with Crippen molar-refractivity contribution in [2.45, 2.75) is 6.42 Å². The lowest BCUT2D eigenvalue weighted by Gasteiger charge is -2.01. The van der Waals surface area contributed by atoms with Gasteiger partial charge in [0.15, 0.2) is 0 Å². The minimum atomic E-state index is 0.479. The van der Waals surface area contributed by atoms with Crippen molar-refractivity contribution in [2.24, 2.45) is 5.73 Å². The molecule has 0 atom stereocenters. The Morgan fingerprint density at radius 2 is 2.00 bits per heavy atom. The van der Waals surface area contributed by atoms with Gasteiger partial charge < -0.3 is 5.73 Å². The number of fused-ring (bicyclic) bond motifs is 1. The number of nitrogens with zero attached hydrogens (tertiary/aromatic N) is 1. The molecule has 3 heteroatoms. The van der Waals surface area contributed by atoms with Gasteiger partial charge in [0.2, 0.25) is 0 Å². The van der Waals surface area contributed by atoms with Crippen LogP contribution in [0.25, 0.3) is 10.9 Å². The molecule has 14 heavy (non-hydrogen) atoms. The second-order valence-electron chi connectivity index (χ2n) is 3.14. The molecule has 0 radical (unpaired) electrons. The number of para-hydroxylation sites is 1. The second kappa shape index (κ2) is 3.72. The van der Waals surface area contributed by atoms with E-state index in [0.717, 1.165) is 16.6 Å². The van der Waals surface area contributed by atoms with Crippen LogP contribution in [0.4, 0.5) is 0 Å². The maximum atomic E-state index is 5.46. The SMILES string of the molecule is NC(=S)Cc1ccc2ccccc2n1. The molecule has 2 rings (SSSR count). The van der Waals surface area contributed by atoms with Crippen molar-refractivity contribution < 1.29 is 0 Å². The molecule has 2 N–H and O–H groups in total.